The van der Waals surface area contributed by atoms with Crippen LogP contribution >= 0.6 is 12.2 Å². The molecule has 3 aliphatic rings. The van der Waals surface area contributed by atoms with Gasteiger partial charge < -0.3 is 24.6 Å². The fourth-order valence-corrected chi connectivity index (χ4v) is 4.23. The highest BCUT2D eigenvalue weighted by Crippen LogP contribution is 2.32. The Morgan fingerprint density at radius 3 is 2.71 bits per heavy atom. The standard InChI is InChI=1S/C18H25N3O2S/c24-18(19-15-3-1-2-4-15)21-9-7-20(8-10-21)12-14-5-6-16-17(11-14)23-13-22-16/h5-6,11,15H,1-4,7-10,12-13H2,(H,19,24)/p+1. The van der Waals surface area contributed by atoms with Gasteiger partial charge in [0, 0.05) is 11.6 Å². The SMILES string of the molecule is S=C(NC1CCCC1)N1CC[NH+](Cc2ccc3c(c2)OCO3)CC1. The van der Waals surface area contributed by atoms with Crippen LogP contribution in [0, 0.1) is 0 Å². The van der Waals surface area contributed by atoms with Gasteiger partial charge in [-0.05, 0) is 43.3 Å². The van der Waals surface area contributed by atoms with Crippen LogP contribution in [0.2, 0.25) is 0 Å². The van der Waals surface area contributed by atoms with Gasteiger partial charge in [-0.1, -0.05) is 12.8 Å². The Morgan fingerprint density at radius 1 is 1.17 bits per heavy atom. The summed E-state index contributed by atoms with van der Waals surface area (Å²) < 4.78 is 10.9. The quantitative estimate of drug-likeness (QED) is 0.795. The first-order valence-electron chi connectivity index (χ1n) is 9.05. The summed E-state index contributed by atoms with van der Waals surface area (Å²) >= 11 is 5.61. The third kappa shape index (κ3) is 3.59. The molecule has 2 aliphatic heterocycles. The van der Waals surface area contributed by atoms with Gasteiger partial charge in [-0.2, -0.15) is 0 Å². The van der Waals surface area contributed by atoms with Gasteiger partial charge in [0.15, 0.2) is 16.6 Å². The Balaban J connectivity index is 1.26. The van der Waals surface area contributed by atoms with Crippen molar-refractivity contribution in [3.63, 3.8) is 0 Å². The molecule has 0 unspecified atom stereocenters. The Labute approximate surface area is 148 Å². The molecule has 2 heterocycles. The molecule has 24 heavy (non-hydrogen) atoms. The minimum absolute atomic E-state index is 0.343. The molecule has 1 aliphatic carbocycles. The van der Waals surface area contributed by atoms with Crippen LogP contribution in [0.5, 0.6) is 11.5 Å². The first-order chi connectivity index (χ1) is 11.8. The molecule has 1 aromatic rings. The molecule has 0 aromatic heterocycles. The average Bonchev–Trinajstić information content (AvgIpc) is 3.26. The van der Waals surface area contributed by atoms with Crippen molar-refractivity contribution in [2.45, 2.75) is 38.3 Å². The number of thiocarbonyl (C=S) groups is 1. The maximum absolute atomic E-state index is 5.61. The average molecular weight is 348 g/mol. The lowest BCUT2D eigenvalue weighted by atomic mass is 10.1. The van der Waals surface area contributed by atoms with Gasteiger partial charge >= 0.3 is 0 Å². The van der Waals surface area contributed by atoms with Crippen LogP contribution in [0.15, 0.2) is 18.2 Å². The number of benzene rings is 1. The maximum Gasteiger partial charge on any atom is 0.231 e. The molecule has 2 fully saturated rings. The fourth-order valence-electron chi connectivity index (χ4n) is 3.88. The number of hydrogen-bond donors (Lipinski definition) is 2. The molecule has 0 atom stereocenters. The number of hydrogen-bond acceptors (Lipinski definition) is 3. The Bertz CT molecular complexity index is 596. The topological polar surface area (TPSA) is 38.2 Å². The van der Waals surface area contributed by atoms with Crippen LogP contribution in [0.3, 0.4) is 0 Å². The Hall–Kier alpha value is -1.53. The molecular weight excluding hydrogens is 322 g/mol. The van der Waals surface area contributed by atoms with Gasteiger partial charge in [-0.15, -0.1) is 0 Å². The van der Waals surface area contributed by atoms with Crippen LogP contribution < -0.4 is 19.7 Å². The van der Waals surface area contributed by atoms with E-state index in [9.17, 15) is 0 Å². The predicted octanol–water partition coefficient (Wildman–Crippen LogP) is 0.933. The molecule has 0 amide bonds. The minimum atomic E-state index is 0.343. The van der Waals surface area contributed by atoms with Gasteiger partial charge in [0.1, 0.15) is 6.54 Å². The lowest BCUT2D eigenvalue weighted by Crippen LogP contribution is -3.13. The Kier molecular flexibility index (Phi) is 4.76. The van der Waals surface area contributed by atoms with Crippen LogP contribution in [0.25, 0.3) is 0 Å². The molecule has 0 spiro atoms. The normalized spacial score (nSPS) is 21.2. The molecule has 0 radical (unpaired) electrons. The third-order valence-electron chi connectivity index (χ3n) is 5.33. The van der Waals surface area contributed by atoms with Crippen molar-refractivity contribution >= 4 is 17.3 Å². The monoisotopic (exact) mass is 348 g/mol. The first kappa shape index (κ1) is 16.0. The molecule has 130 valence electrons. The molecular formula is C18H26N3O2S+. The molecule has 1 aromatic carbocycles. The summed E-state index contributed by atoms with van der Waals surface area (Å²) in [7, 11) is 0. The van der Waals surface area contributed by atoms with Crippen molar-refractivity contribution in [1.29, 1.82) is 0 Å². The maximum atomic E-state index is 5.61. The number of ether oxygens (including phenoxy) is 2. The zero-order chi connectivity index (χ0) is 16.4. The molecule has 0 bridgehead atoms. The summed E-state index contributed by atoms with van der Waals surface area (Å²) in [6.07, 6.45) is 5.23. The van der Waals surface area contributed by atoms with Crippen LogP contribution in [0.4, 0.5) is 0 Å². The number of piperazine rings is 1. The highest BCUT2D eigenvalue weighted by molar-refractivity contribution is 7.80. The summed E-state index contributed by atoms with van der Waals surface area (Å²) in [5, 5.41) is 4.52. The molecule has 5 nitrogen and oxygen atoms in total. The van der Waals surface area contributed by atoms with E-state index >= 15 is 0 Å². The largest absolute Gasteiger partial charge is 0.454 e. The zero-order valence-corrected chi connectivity index (χ0v) is 14.9. The van der Waals surface area contributed by atoms with E-state index in [2.05, 4.69) is 22.3 Å². The summed E-state index contributed by atoms with van der Waals surface area (Å²) in [6.45, 7) is 5.71. The highest BCUT2D eigenvalue weighted by Gasteiger charge is 2.24. The third-order valence-corrected chi connectivity index (χ3v) is 5.71. The molecule has 1 saturated carbocycles. The van der Waals surface area contributed by atoms with Crippen molar-refractivity contribution in [2.75, 3.05) is 33.0 Å². The van der Waals surface area contributed by atoms with Gasteiger partial charge in [-0.3, -0.25) is 0 Å². The highest BCUT2D eigenvalue weighted by atomic mass is 32.1. The number of rotatable bonds is 3. The summed E-state index contributed by atoms with van der Waals surface area (Å²) in [5.41, 5.74) is 1.31. The van der Waals surface area contributed by atoms with Crippen molar-refractivity contribution in [3.05, 3.63) is 23.8 Å². The van der Waals surface area contributed by atoms with Gasteiger partial charge in [0.25, 0.3) is 0 Å². The smallest absolute Gasteiger partial charge is 0.231 e. The van der Waals surface area contributed by atoms with Crippen molar-refractivity contribution in [2.24, 2.45) is 0 Å². The van der Waals surface area contributed by atoms with E-state index < -0.39 is 0 Å². The van der Waals surface area contributed by atoms with E-state index in [1.165, 1.54) is 31.2 Å². The second kappa shape index (κ2) is 7.15. The Morgan fingerprint density at radius 2 is 1.92 bits per heavy atom. The number of quaternary nitrogens is 1. The van der Waals surface area contributed by atoms with Crippen molar-refractivity contribution in [1.82, 2.24) is 10.2 Å². The molecule has 4 rings (SSSR count). The molecule has 6 heteroatoms. The van der Waals surface area contributed by atoms with E-state index in [1.54, 1.807) is 4.90 Å². The van der Waals surface area contributed by atoms with Gasteiger partial charge in [0.2, 0.25) is 6.79 Å². The van der Waals surface area contributed by atoms with E-state index in [0.717, 1.165) is 49.3 Å². The van der Waals surface area contributed by atoms with E-state index in [0.29, 0.717) is 12.8 Å². The van der Waals surface area contributed by atoms with Gasteiger partial charge in [-0.25, -0.2) is 0 Å². The molecule has 2 N–H and O–H groups in total. The second-order valence-electron chi connectivity index (χ2n) is 7.03. The van der Waals surface area contributed by atoms with Crippen LogP contribution in [-0.2, 0) is 6.54 Å². The predicted molar refractivity (Wildman–Crippen MR) is 96.5 cm³/mol. The van der Waals surface area contributed by atoms with Crippen LogP contribution in [-0.4, -0.2) is 49.0 Å². The van der Waals surface area contributed by atoms with Crippen LogP contribution in [0.1, 0.15) is 31.2 Å². The number of nitrogens with zero attached hydrogens (tertiary/aromatic N) is 1. The van der Waals surface area contributed by atoms with Crippen molar-refractivity contribution < 1.29 is 14.4 Å². The molecule has 1 saturated heterocycles. The van der Waals surface area contributed by atoms with E-state index in [1.807, 2.05) is 6.07 Å². The van der Waals surface area contributed by atoms with E-state index in [4.69, 9.17) is 21.7 Å². The summed E-state index contributed by atoms with van der Waals surface area (Å²) in [5.74, 6) is 1.74. The van der Waals surface area contributed by atoms with Gasteiger partial charge in [0.05, 0.1) is 26.2 Å². The van der Waals surface area contributed by atoms with E-state index in [-0.39, 0.29) is 0 Å². The number of fused-ring (bicyclic) bond motifs is 1. The summed E-state index contributed by atoms with van der Waals surface area (Å²) in [6, 6.07) is 6.90. The second-order valence-corrected chi connectivity index (χ2v) is 7.42. The minimum Gasteiger partial charge on any atom is -0.454 e. The summed E-state index contributed by atoms with van der Waals surface area (Å²) in [4.78, 5) is 3.95. The lowest BCUT2D eigenvalue weighted by molar-refractivity contribution is -0.917. The fraction of sp³-hybridized carbons (Fsp3) is 0.611. The first-order valence-corrected chi connectivity index (χ1v) is 9.46. The lowest BCUT2D eigenvalue weighted by Gasteiger charge is -2.34. The van der Waals surface area contributed by atoms with Crippen molar-refractivity contribution in [3.8, 4) is 11.5 Å². The number of nitrogens with one attached hydrogen (secondary N) is 2. The zero-order valence-electron chi connectivity index (χ0n) is 14.1.